The second kappa shape index (κ2) is 4.37. The Hall–Kier alpha value is -1.16. The van der Waals surface area contributed by atoms with E-state index in [1.54, 1.807) is 11.3 Å². The van der Waals surface area contributed by atoms with Gasteiger partial charge in [0.05, 0.1) is 0 Å². The molecule has 3 rings (SSSR count). The molecule has 0 aliphatic heterocycles. The molecule has 0 saturated heterocycles. The minimum atomic E-state index is 0.0441. The zero-order valence-electron chi connectivity index (χ0n) is 8.38. The van der Waals surface area contributed by atoms with Crippen molar-refractivity contribution in [2.24, 2.45) is 0 Å². The van der Waals surface area contributed by atoms with Gasteiger partial charge in [0.15, 0.2) is 0 Å². The van der Waals surface area contributed by atoms with Gasteiger partial charge >= 0.3 is 103 Å². The summed E-state index contributed by atoms with van der Waals surface area (Å²) in [5, 5.41) is 7.66. The molecule has 1 aromatic carbocycles. The fourth-order valence-electron chi connectivity index (χ4n) is 1.54. The molecule has 0 saturated carbocycles. The van der Waals surface area contributed by atoms with Crippen LogP contribution in [0.4, 0.5) is 5.69 Å². The summed E-state index contributed by atoms with van der Waals surface area (Å²) in [7, 11) is 0. The fourth-order valence-corrected chi connectivity index (χ4v) is 3.36. The number of thiophene rings is 1. The molecule has 3 nitrogen and oxygen atoms in total. The number of fused-ring (bicyclic) bond motifs is 1. The molecule has 0 atom stereocenters. The summed E-state index contributed by atoms with van der Waals surface area (Å²) < 4.78 is 8.80. The molecule has 0 unspecified atom stereocenters. The van der Waals surface area contributed by atoms with Crippen molar-refractivity contribution in [2.45, 2.75) is 6.54 Å². The number of nitrogens with zero attached hydrogens (tertiary/aromatic N) is 2. The van der Waals surface area contributed by atoms with Gasteiger partial charge in [-0.15, -0.1) is 0 Å². The van der Waals surface area contributed by atoms with E-state index in [1.807, 2.05) is 12.1 Å². The predicted octanol–water partition coefficient (Wildman–Crippen LogP) is 2.36. The average Bonchev–Trinajstić information content (AvgIpc) is 2.97. The van der Waals surface area contributed by atoms with Gasteiger partial charge in [0.1, 0.15) is 0 Å². The third-order valence-corrected chi connectivity index (χ3v) is 4.22. The topological polar surface area (TPSA) is 37.8 Å². The van der Waals surface area contributed by atoms with Crippen LogP contribution in [-0.4, -0.2) is 22.9 Å². The molecule has 0 aliphatic carbocycles. The van der Waals surface area contributed by atoms with Gasteiger partial charge in [-0.2, -0.15) is 0 Å². The van der Waals surface area contributed by atoms with Crippen LogP contribution in [0.2, 0.25) is 0 Å². The Bertz CT molecular complexity index is 588. The Labute approximate surface area is 103 Å². The van der Waals surface area contributed by atoms with E-state index in [9.17, 15) is 0 Å². The van der Waals surface area contributed by atoms with E-state index in [0.29, 0.717) is 0 Å². The molecule has 1 N–H and O–H groups in total. The first-order valence-corrected chi connectivity index (χ1v) is 7.37. The van der Waals surface area contributed by atoms with Crippen LogP contribution in [0.25, 0.3) is 11.0 Å². The fraction of sp³-hybridized carbons (Fsp3) is 0.0909. The van der Waals surface area contributed by atoms with Crippen molar-refractivity contribution in [3.05, 3.63) is 40.6 Å². The van der Waals surface area contributed by atoms with Crippen LogP contribution in [0, 0.1) is 0 Å². The first kappa shape index (κ1) is 10.0. The minimum absolute atomic E-state index is 0.0441. The molecule has 5 heteroatoms. The summed E-state index contributed by atoms with van der Waals surface area (Å²) in [6.07, 6.45) is 0. The summed E-state index contributed by atoms with van der Waals surface area (Å²) in [5.41, 5.74) is 4.45. The normalized spacial score (nSPS) is 10.8. The number of hydrogen-bond donors (Lipinski definition) is 1. The molecule has 3 aromatic rings. The van der Waals surface area contributed by atoms with E-state index < -0.39 is 0 Å². The number of anilines is 1. The summed E-state index contributed by atoms with van der Waals surface area (Å²) in [6, 6.07) is 8.23. The van der Waals surface area contributed by atoms with Crippen molar-refractivity contribution in [3.63, 3.8) is 0 Å². The first-order chi connectivity index (χ1) is 7.93. The summed E-state index contributed by atoms with van der Waals surface area (Å²) in [5.74, 6) is 0. The van der Waals surface area contributed by atoms with Gasteiger partial charge in [0.25, 0.3) is 0 Å². The van der Waals surface area contributed by atoms with Gasteiger partial charge in [0, 0.05) is 0 Å². The van der Waals surface area contributed by atoms with E-state index >= 15 is 0 Å². The Balaban J connectivity index is 1.86. The Morgan fingerprint density at radius 2 is 2.25 bits per heavy atom. The summed E-state index contributed by atoms with van der Waals surface area (Å²) in [4.78, 5) is 0. The van der Waals surface area contributed by atoms with Crippen LogP contribution in [0.5, 0.6) is 0 Å². The molecule has 2 aromatic heterocycles. The van der Waals surface area contributed by atoms with Crippen molar-refractivity contribution >= 4 is 43.0 Å². The molecule has 0 radical (unpaired) electrons. The molecule has 0 amide bonds. The van der Waals surface area contributed by atoms with Crippen LogP contribution >= 0.6 is 11.3 Å². The molecule has 0 aliphatic rings. The average molecular weight is 294 g/mol. The second-order valence-electron chi connectivity index (χ2n) is 3.42. The van der Waals surface area contributed by atoms with Crippen molar-refractivity contribution in [1.82, 2.24) is 7.96 Å². The first-order valence-electron chi connectivity index (χ1n) is 4.90. The van der Waals surface area contributed by atoms with Crippen LogP contribution in [0.1, 0.15) is 5.56 Å². The zero-order chi connectivity index (χ0) is 10.8. The second-order valence-corrected chi connectivity index (χ2v) is 5.31. The van der Waals surface area contributed by atoms with Crippen LogP contribution in [-0.2, 0) is 6.54 Å². The van der Waals surface area contributed by atoms with Gasteiger partial charge in [-0.25, -0.2) is 0 Å². The monoisotopic (exact) mass is 295 g/mol. The quantitative estimate of drug-likeness (QED) is 0.754. The molecule has 0 spiro atoms. The summed E-state index contributed by atoms with van der Waals surface area (Å²) >= 11 is 1.77. The van der Waals surface area contributed by atoms with Crippen molar-refractivity contribution < 1.29 is 0 Å². The van der Waals surface area contributed by atoms with Crippen LogP contribution in [0.3, 0.4) is 0 Å². The van der Waals surface area contributed by atoms with Crippen molar-refractivity contribution in [3.8, 4) is 0 Å². The number of benzene rings is 1. The van der Waals surface area contributed by atoms with Gasteiger partial charge in [0.2, 0.25) is 0 Å². The van der Waals surface area contributed by atoms with Gasteiger partial charge in [-0.3, -0.25) is 0 Å². The van der Waals surface area contributed by atoms with E-state index in [2.05, 4.69) is 36.2 Å². The van der Waals surface area contributed by atoms with E-state index in [-0.39, 0.29) is 15.0 Å². The third-order valence-electron chi connectivity index (χ3n) is 2.35. The molecular formula is C11H9N3SSe. The van der Waals surface area contributed by atoms with Crippen molar-refractivity contribution in [2.75, 3.05) is 5.32 Å². The SMILES string of the molecule is c1cc(NCc2ccsc2)c2n[se]nc2c1. The van der Waals surface area contributed by atoms with E-state index in [4.69, 9.17) is 0 Å². The number of rotatable bonds is 3. The van der Waals surface area contributed by atoms with Crippen LogP contribution < -0.4 is 5.32 Å². The third kappa shape index (κ3) is 1.89. The Kier molecular flexibility index (Phi) is 2.74. The molecule has 0 fully saturated rings. The van der Waals surface area contributed by atoms with E-state index in [0.717, 1.165) is 23.3 Å². The zero-order valence-corrected chi connectivity index (χ0v) is 10.9. The molecule has 0 bridgehead atoms. The van der Waals surface area contributed by atoms with Crippen LogP contribution in [0.15, 0.2) is 35.0 Å². The van der Waals surface area contributed by atoms with Gasteiger partial charge in [-0.1, -0.05) is 0 Å². The number of nitrogens with one attached hydrogen (secondary N) is 1. The maximum atomic E-state index is 4.44. The molecule has 2 heterocycles. The number of hydrogen-bond acceptors (Lipinski definition) is 4. The standard InChI is InChI=1S/C11H9N3SSe/c1-2-9(11-10(3-1)13-16-14-11)12-6-8-4-5-15-7-8/h1-5,7,12H,6H2. The van der Waals surface area contributed by atoms with E-state index in [1.165, 1.54) is 5.56 Å². The predicted molar refractivity (Wildman–Crippen MR) is 68.1 cm³/mol. The van der Waals surface area contributed by atoms with Gasteiger partial charge < -0.3 is 0 Å². The Morgan fingerprint density at radius 3 is 3.12 bits per heavy atom. The Morgan fingerprint density at radius 1 is 1.25 bits per heavy atom. The van der Waals surface area contributed by atoms with Gasteiger partial charge in [-0.05, 0) is 0 Å². The summed E-state index contributed by atoms with van der Waals surface area (Å²) in [6.45, 7) is 0.850. The van der Waals surface area contributed by atoms with Crippen molar-refractivity contribution in [1.29, 1.82) is 0 Å². The maximum absolute atomic E-state index is 4.44. The molecule has 80 valence electrons. The number of aromatic nitrogens is 2. The molecule has 16 heavy (non-hydrogen) atoms. The molecular weight excluding hydrogens is 285 g/mol.